The quantitative estimate of drug-likeness (QED) is 0.795. The summed E-state index contributed by atoms with van der Waals surface area (Å²) in [7, 11) is 0. The number of aliphatic hydroxyl groups excluding tert-OH is 1. The summed E-state index contributed by atoms with van der Waals surface area (Å²) in [5, 5.41) is 9.18. The Bertz CT molecular complexity index is 204. The van der Waals surface area contributed by atoms with E-state index in [1.54, 1.807) is 0 Å². The lowest BCUT2D eigenvalue weighted by Gasteiger charge is -2.38. The second-order valence-electron chi connectivity index (χ2n) is 5.47. The zero-order valence-corrected chi connectivity index (χ0v) is 10.4. The summed E-state index contributed by atoms with van der Waals surface area (Å²) in [5.74, 6) is 0.887. The third-order valence-corrected chi connectivity index (χ3v) is 3.85. The maximum absolute atomic E-state index is 9.18. The maximum Gasteiger partial charge on any atom is 0.0936 e. The summed E-state index contributed by atoms with van der Waals surface area (Å²) in [6.07, 6.45) is 7.35. The summed E-state index contributed by atoms with van der Waals surface area (Å²) in [6.45, 7) is 5.43. The molecule has 0 radical (unpaired) electrons. The van der Waals surface area contributed by atoms with Crippen LogP contribution < -0.4 is 0 Å². The van der Waals surface area contributed by atoms with Gasteiger partial charge in [-0.05, 0) is 25.7 Å². The smallest absolute Gasteiger partial charge is 0.0936 e. The van der Waals surface area contributed by atoms with Gasteiger partial charge in [-0.15, -0.1) is 0 Å². The van der Waals surface area contributed by atoms with Gasteiger partial charge in [-0.25, -0.2) is 0 Å². The number of rotatable bonds is 3. The molecule has 0 amide bonds. The summed E-state index contributed by atoms with van der Waals surface area (Å²) < 4.78 is 5.66. The van der Waals surface area contributed by atoms with E-state index in [1.807, 2.05) is 0 Å². The van der Waals surface area contributed by atoms with Crippen molar-refractivity contribution in [3.05, 3.63) is 0 Å². The van der Waals surface area contributed by atoms with Crippen molar-refractivity contribution < 1.29 is 9.84 Å². The van der Waals surface area contributed by atoms with Gasteiger partial charge in [0.1, 0.15) is 0 Å². The molecule has 1 aliphatic carbocycles. The van der Waals surface area contributed by atoms with Crippen molar-refractivity contribution in [3.8, 4) is 0 Å². The average molecular weight is 227 g/mol. The summed E-state index contributed by atoms with van der Waals surface area (Å²) in [5.41, 5.74) is 0. The third-order valence-electron chi connectivity index (χ3n) is 3.85. The van der Waals surface area contributed by atoms with Crippen molar-refractivity contribution in [2.24, 2.45) is 5.92 Å². The molecule has 0 bridgehead atoms. The molecule has 3 nitrogen and oxygen atoms in total. The van der Waals surface area contributed by atoms with E-state index in [-0.39, 0.29) is 18.8 Å². The molecule has 0 aromatic heterocycles. The maximum atomic E-state index is 9.18. The van der Waals surface area contributed by atoms with Crippen LogP contribution in [0.3, 0.4) is 0 Å². The second kappa shape index (κ2) is 5.99. The van der Waals surface area contributed by atoms with Crippen molar-refractivity contribution in [2.45, 2.75) is 51.2 Å². The highest BCUT2D eigenvalue weighted by Gasteiger charge is 2.26. The number of ether oxygens (including phenoxy) is 1. The van der Waals surface area contributed by atoms with Crippen LogP contribution in [0, 0.1) is 5.92 Å². The lowest BCUT2D eigenvalue weighted by Crippen LogP contribution is -2.49. The highest BCUT2D eigenvalue weighted by atomic mass is 16.5. The Hall–Kier alpha value is -0.120. The van der Waals surface area contributed by atoms with Crippen LogP contribution in [0.4, 0.5) is 0 Å². The molecule has 1 saturated carbocycles. The number of hydrogen-bond donors (Lipinski definition) is 1. The van der Waals surface area contributed by atoms with Gasteiger partial charge in [-0.3, -0.25) is 4.90 Å². The molecule has 1 saturated heterocycles. The van der Waals surface area contributed by atoms with Crippen LogP contribution >= 0.6 is 0 Å². The number of nitrogens with zero attached hydrogens (tertiary/aromatic N) is 1. The molecule has 1 heterocycles. The van der Waals surface area contributed by atoms with Gasteiger partial charge in [-0.2, -0.15) is 0 Å². The number of aliphatic hydroxyl groups is 1. The van der Waals surface area contributed by atoms with Gasteiger partial charge in [0.2, 0.25) is 0 Å². The largest absolute Gasteiger partial charge is 0.394 e. The normalized spacial score (nSPS) is 34.1. The van der Waals surface area contributed by atoms with E-state index in [1.165, 1.54) is 38.6 Å². The SMILES string of the molecule is CC1CN(CC2CCCCC2)CC(CO)O1. The zero-order valence-electron chi connectivity index (χ0n) is 10.4. The minimum atomic E-state index is 0.0346. The van der Waals surface area contributed by atoms with E-state index in [9.17, 15) is 5.11 Å². The Morgan fingerprint density at radius 3 is 2.62 bits per heavy atom. The fourth-order valence-corrected chi connectivity index (χ4v) is 3.13. The van der Waals surface area contributed by atoms with Crippen molar-refractivity contribution >= 4 is 0 Å². The first-order valence-corrected chi connectivity index (χ1v) is 6.76. The van der Waals surface area contributed by atoms with Crippen LogP contribution in [-0.4, -0.2) is 48.5 Å². The van der Waals surface area contributed by atoms with Crippen molar-refractivity contribution in [1.29, 1.82) is 0 Å². The molecule has 1 N–H and O–H groups in total. The predicted molar refractivity (Wildman–Crippen MR) is 64.4 cm³/mol. The van der Waals surface area contributed by atoms with Gasteiger partial charge in [0.15, 0.2) is 0 Å². The minimum Gasteiger partial charge on any atom is -0.394 e. The van der Waals surface area contributed by atoms with Crippen molar-refractivity contribution in [2.75, 3.05) is 26.2 Å². The van der Waals surface area contributed by atoms with Crippen LogP contribution in [0.15, 0.2) is 0 Å². The summed E-state index contributed by atoms with van der Waals surface area (Å²) in [4.78, 5) is 2.49. The van der Waals surface area contributed by atoms with E-state index in [4.69, 9.17) is 4.74 Å². The Morgan fingerprint density at radius 2 is 1.94 bits per heavy atom. The van der Waals surface area contributed by atoms with Gasteiger partial charge < -0.3 is 9.84 Å². The summed E-state index contributed by atoms with van der Waals surface area (Å²) in [6, 6.07) is 0. The van der Waals surface area contributed by atoms with Crippen molar-refractivity contribution in [1.82, 2.24) is 4.90 Å². The van der Waals surface area contributed by atoms with E-state index in [0.29, 0.717) is 0 Å². The Labute approximate surface area is 98.8 Å². The first-order chi connectivity index (χ1) is 7.78. The first kappa shape index (κ1) is 12.3. The molecule has 0 spiro atoms. The van der Waals surface area contributed by atoms with Crippen LogP contribution in [0.2, 0.25) is 0 Å². The lowest BCUT2D eigenvalue weighted by atomic mass is 9.88. The topological polar surface area (TPSA) is 32.7 Å². The molecular weight excluding hydrogens is 202 g/mol. The standard InChI is InChI=1S/C13H25NO2/c1-11-7-14(9-13(10-15)16-11)8-12-5-3-2-4-6-12/h11-13,15H,2-10H2,1H3. The molecule has 2 fully saturated rings. The van der Waals surface area contributed by atoms with Gasteiger partial charge in [-0.1, -0.05) is 19.3 Å². The fraction of sp³-hybridized carbons (Fsp3) is 1.00. The molecular formula is C13H25NO2. The highest BCUT2D eigenvalue weighted by Crippen LogP contribution is 2.25. The Morgan fingerprint density at radius 1 is 1.19 bits per heavy atom. The summed E-state index contributed by atoms with van der Waals surface area (Å²) >= 11 is 0. The average Bonchev–Trinajstić information content (AvgIpc) is 2.29. The highest BCUT2D eigenvalue weighted by molar-refractivity contribution is 4.78. The Balaban J connectivity index is 1.78. The molecule has 2 aliphatic rings. The fourth-order valence-electron chi connectivity index (χ4n) is 3.13. The minimum absolute atomic E-state index is 0.0346. The first-order valence-electron chi connectivity index (χ1n) is 6.76. The van der Waals surface area contributed by atoms with Gasteiger partial charge in [0.05, 0.1) is 18.8 Å². The molecule has 94 valence electrons. The number of morpholine rings is 1. The molecule has 1 aliphatic heterocycles. The molecule has 16 heavy (non-hydrogen) atoms. The van der Waals surface area contributed by atoms with Gasteiger partial charge in [0.25, 0.3) is 0 Å². The zero-order chi connectivity index (χ0) is 11.4. The van der Waals surface area contributed by atoms with Gasteiger partial charge >= 0.3 is 0 Å². The van der Waals surface area contributed by atoms with E-state index >= 15 is 0 Å². The predicted octanol–water partition coefficient (Wildman–Crippen LogP) is 1.65. The molecule has 0 aromatic carbocycles. The van der Waals surface area contributed by atoms with E-state index in [0.717, 1.165) is 19.0 Å². The lowest BCUT2D eigenvalue weighted by molar-refractivity contribution is -0.0985. The monoisotopic (exact) mass is 227 g/mol. The molecule has 0 aromatic rings. The van der Waals surface area contributed by atoms with Crippen LogP contribution in [0.1, 0.15) is 39.0 Å². The van der Waals surface area contributed by atoms with Crippen LogP contribution in [0.25, 0.3) is 0 Å². The van der Waals surface area contributed by atoms with E-state index in [2.05, 4.69) is 11.8 Å². The van der Waals surface area contributed by atoms with Crippen molar-refractivity contribution in [3.63, 3.8) is 0 Å². The molecule has 2 atom stereocenters. The van der Waals surface area contributed by atoms with Crippen LogP contribution in [-0.2, 0) is 4.74 Å². The number of hydrogen-bond acceptors (Lipinski definition) is 3. The molecule has 2 rings (SSSR count). The molecule has 3 heteroatoms. The van der Waals surface area contributed by atoms with E-state index < -0.39 is 0 Å². The third kappa shape index (κ3) is 3.44. The Kier molecular flexibility index (Phi) is 4.62. The van der Waals surface area contributed by atoms with Gasteiger partial charge in [0, 0.05) is 19.6 Å². The van der Waals surface area contributed by atoms with Crippen LogP contribution in [0.5, 0.6) is 0 Å². The second-order valence-corrected chi connectivity index (χ2v) is 5.47. The molecule has 2 unspecified atom stereocenters.